The van der Waals surface area contributed by atoms with Crippen molar-refractivity contribution in [2.75, 3.05) is 18.4 Å². The van der Waals surface area contributed by atoms with Gasteiger partial charge in [0.2, 0.25) is 0 Å². The minimum absolute atomic E-state index is 0.0256. The Morgan fingerprint density at radius 1 is 1.14 bits per heavy atom. The number of rotatable bonds is 4. The van der Waals surface area contributed by atoms with E-state index in [1.165, 1.54) is 36.3 Å². The molecule has 2 fully saturated rings. The van der Waals surface area contributed by atoms with Crippen LogP contribution in [0.5, 0.6) is 0 Å². The number of carbonyl (C=O) groups excluding carboxylic acids is 1. The first-order valence-corrected chi connectivity index (χ1v) is 11.6. The molecule has 0 unspecified atom stereocenters. The van der Waals surface area contributed by atoms with Gasteiger partial charge in [0, 0.05) is 36.5 Å². The fourth-order valence-corrected chi connectivity index (χ4v) is 5.37. The Morgan fingerprint density at radius 3 is 2.69 bits per heavy atom. The quantitative estimate of drug-likeness (QED) is 0.833. The van der Waals surface area contributed by atoms with Crippen LogP contribution in [0.2, 0.25) is 0 Å². The molecule has 0 atom stereocenters. The number of aryl methyl sites for hydroxylation is 2. The van der Waals surface area contributed by atoms with Crippen LogP contribution in [0.15, 0.2) is 16.9 Å². The van der Waals surface area contributed by atoms with Gasteiger partial charge in [-0.1, -0.05) is 0 Å². The lowest BCUT2D eigenvalue weighted by molar-refractivity contribution is 0.174. The standard InChI is InChI=1S/C21H27N5O2S/c27-19-8-7-16(15-5-6-15)24-26(19)13-14-9-11-25(12-10-14)21(28)23-20-22-17-3-1-2-4-18(17)29-20/h7-8,14-15H,1-6,9-13H2,(H,22,23,28). The predicted molar refractivity (Wildman–Crippen MR) is 113 cm³/mol. The summed E-state index contributed by atoms with van der Waals surface area (Å²) in [6.07, 6.45) is 8.68. The third-order valence-electron chi connectivity index (χ3n) is 6.28. The molecule has 2 aromatic rings. The molecule has 0 aromatic carbocycles. The van der Waals surface area contributed by atoms with Crippen molar-refractivity contribution >= 4 is 22.5 Å². The van der Waals surface area contributed by atoms with Gasteiger partial charge >= 0.3 is 6.03 Å². The van der Waals surface area contributed by atoms with Crippen LogP contribution in [0.1, 0.15) is 60.7 Å². The highest BCUT2D eigenvalue weighted by atomic mass is 32.1. The van der Waals surface area contributed by atoms with E-state index in [0.717, 1.165) is 36.5 Å². The van der Waals surface area contributed by atoms with Crippen LogP contribution < -0.4 is 10.9 Å². The van der Waals surface area contributed by atoms with Crippen molar-refractivity contribution in [3.05, 3.63) is 38.8 Å². The lowest BCUT2D eigenvalue weighted by Crippen LogP contribution is -2.42. The van der Waals surface area contributed by atoms with Gasteiger partial charge in [-0.3, -0.25) is 10.1 Å². The smallest absolute Gasteiger partial charge is 0.323 e. The molecule has 2 amide bonds. The molecule has 7 nitrogen and oxygen atoms in total. The number of hydrogen-bond donors (Lipinski definition) is 1. The first kappa shape index (κ1) is 18.8. The van der Waals surface area contributed by atoms with Gasteiger partial charge < -0.3 is 4.90 Å². The van der Waals surface area contributed by atoms with E-state index in [-0.39, 0.29) is 11.6 Å². The van der Waals surface area contributed by atoms with Crippen molar-refractivity contribution in [2.24, 2.45) is 5.92 Å². The van der Waals surface area contributed by atoms with E-state index in [1.54, 1.807) is 22.1 Å². The normalized spacial score (nSPS) is 19.8. The number of nitrogens with one attached hydrogen (secondary N) is 1. The van der Waals surface area contributed by atoms with Crippen molar-refractivity contribution in [3.8, 4) is 0 Å². The lowest BCUT2D eigenvalue weighted by atomic mass is 9.97. The Morgan fingerprint density at radius 2 is 1.93 bits per heavy atom. The summed E-state index contributed by atoms with van der Waals surface area (Å²) >= 11 is 1.62. The maximum Gasteiger partial charge on any atom is 0.323 e. The maximum absolute atomic E-state index is 12.6. The molecule has 29 heavy (non-hydrogen) atoms. The minimum atomic E-state index is -0.0550. The summed E-state index contributed by atoms with van der Waals surface area (Å²) in [7, 11) is 0. The Bertz CT molecular complexity index is 933. The number of hydrogen-bond acceptors (Lipinski definition) is 5. The molecular weight excluding hydrogens is 386 g/mol. The van der Waals surface area contributed by atoms with E-state index in [0.29, 0.717) is 31.5 Å². The summed E-state index contributed by atoms with van der Waals surface area (Å²) in [6.45, 7) is 2.06. The van der Waals surface area contributed by atoms with E-state index < -0.39 is 0 Å². The summed E-state index contributed by atoms with van der Waals surface area (Å²) in [5, 5.41) is 8.30. The lowest BCUT2D eigenvalue weighted by Gasteiger charge is -2.31. The van der Waals surface area contributed by atoms with Gasteiger partial charge in [0.05, 0.1) is 11.4 Å². The second kappa shape index (κ2) is 7.89. The van der Waals surface area contributed by atoms with Crippen LogP contribution in [-0.4, -0.2) is 38.8 Å². The molecule has 8 heteroatoms. The van der Waals surface area contributed by atoms with Crippen LogP contribution in [-0.2, 0) is 19.4 Å². The number of amides is 2. The number of likely N-dealkylation sites (tertiary alicyclic amines) is 1. The third-order valence-corrected chi connectivity index (χ3v) is 7.35. The van der Waals surface area contributed by atoms with Gasteiger partial charge in [0.25, 0.3) is 5.56 Å². The first-order chi connectivity index (χ1) is 14.2. The molecule has 0 radical (unpaired) electrons. The number of carbonyl (C=O) groups is 1. The number of piperidine rings is 1. The molecule has 0 bridgehead atoms. The van der Waals surface area contributed by atoms with Crippen LogP contribution in [0.25, 0.3) is 0 Å². The second-order valence-corrected chi connectivity index (χ2v) is 9.59. The van der Waals surface area contributed by atoms with Crippen LogP contribution in [0, 0.1) is 5.92 Å². The second-order valence-electron chi connectivity index (χ2n) is 8.51. The number of nitrogens with zero attached hydrogens (tertiary/aromatic N) is 4. The third kappa shape index (κ3) is 4.22. The Balaban J connectivity index is 1.15. The molecule has 1 saturated heterocycles. The van der Waals surface area contributed by atoms with Gasteiger partial charge in [-0.2, -0.15) is 5.10 Å². The molecule has 1 N–H and O–H groups in total. The highest BCUT2D eigenvalue weighted by Crippen LogP contribution is 2.38. The monoisotopic (exact) mass is 413 g/mol. The largest absolute Gasteiger partial charge is 0.324 e. The highest BCUT2D eigenvalue weighted by molar-refractivity contribution is 7.15. The molecule has 5 rings (SSSR count). The minimum Gasteiger partial charge on any atom is -0.324 e. The van der Waals surface area contributed by atoms with Gasteiger partial charge in [0.15, 0.2) is 5.13 Å². The van der Waals surface area contributed by atoms with Gasteiger partial charge in [-0.25, -0.2) is 14.5 Å². The Kier molecular flexibility index (Phi) is 5.11. The van der Waals surface area contributed by atoms with Gasteiger partial charge in [0.1, 0.15) is 0 Å². The zero-order valence-corrected chi connectivity index (χ0v) is 17.4. The average molecular weight is 414 g/mol. The molecular formula is C21H27N5O2S. The van der Waals surface area contributed by atoms with Crippen LogP contribution >= 0.6 is 11.3 Å². The first-order valence-electron chi connectivity index (χ1n) is 10.8. The van der Waals surface area contributed by atoms with Crippen molar-refractivity contribution in [2.45, 2.75) is 63.8 Å². The fourth-order valence-electron chi connectivity index (χ4n) is 4.33. The van der Waals surface area contributed by atoms with Crippen molar-refractivity contribution < 1.29 is 4.79 Å². The average Bonchev–Trinajstić information content (AvgIpc) is 3.50. The zero-order chi connectivity index (χ0) is 19.8. The van der Waals surface area contributed by atoms with E-state index in [1.807, 2.05) is 11.0 Å². The Hall–Kier alpha value is -2.22. The summed E-state index contributed by atoms with van der Waals surface area (Å²) in [4.78, 5) is 32.6. The van der Waals surface area contributed by atoms with Crippen LogP contribution in [0.3, 0.4) is 0 Å². The molecule has 3 aliphatic rings. The van der Waals surface area contributed by atoms with E-state index in [2.05, 4.69) is 15.4 Å². The van der Waals surface area contributed by atoms with Crippen molar-refractivity contribution in [1.82, 2.24) is 19.7 Å². The summed E-state index contributed by atoms with van der Waals surface area (Å²) < 4.78 is 1.63. The molecule has 1 aliphatic heterocycles. The maximum atomic E-state index is 12.6. The Labute approximate surface area is 174 Å². The summed E-state index contributed by atoms with van der Waals surface area (Å²) in [5.74, 6) is 0.926. The summed E-state index contributed by atoms with van der Waals surface area (Å²) in [6, 6.07) is 3.47. The van der Waals surface area contributed by atoms with E-state index in [4.69, 9.17) is 0 Å². The predicted octanol–water partition coefficient (Wildman–Crippen LogP) is 3.40. The number of fused-ring (bicyclic) bond motifs is 1. The zero-order valence-electron chi connectivity index (χ0n) is 16.6. The summed E-state index contributed by atoms with van der Waals surface area (Å²) in [5.41, 5.74) is 2.19. The molecule has 0 spiro atoms. The SMILES string of the molecule is O=C(Nc1nc2c(s1)CCCC2)N1CCC(Cn2nc(C3CC3)ccc2=O)CC1. The van der Waals surface area contributed by atoms with E-state index in [9.17, 15) is 9.59 Å². The fraction of sp³-hybridized carbons (Fsp3) is 0.619. The molecule has 1 saturated carbocycles. The van der Waals surface area contributed by atoms with Crippen molar-refractivity contribution in [1.29, 1.82) is 0 Å². The molecule has 154 valence electrons. The van der Waals surface area contributed by atoms with Gasteiger partial charge in [-0.05, 0) is 63.4 Å². The highest BCUT2D eigenvalue weighted by Gasteiger charge is 2.27. The molecule has 3 heterocycles. The number of thiazole rings is 1. The van der Waals surface area contributed by atoms with Crippen LogP contribution in [0.4, 0.5) is 9.93 Å². The van der Waals surface area contributed by atoms with Crippen molar-refractivity contribution in [3.63, 3.8) is 0 Å². The topological polar surface area (TPSA) is 80.1 Å². The number of aromatic nitrogens is 3. The molecule has 2 aromatic heterocycles. The van der Waals surface area contributed by atoms with Gasteiger partial charge in [-0.15, -0.1) is 11.3 Å². The molecule has 2 aliphatic carbocycles. The van der Waals surface area contributed by atoms with E-state index >= 15 is 0 Å². The number of urea groups is 1. The number of anilines is 1.